The van der Waals surface area contributed by atoms with E-state index in [1.54, 1.807) is 0 Å². The van der Waals surface area contributed by atoms with Gasteiger partial charge in [-0.2, -0.15) is 0 Å². The van der Waals surface area contributed by atoms with Crippen molar-refractivity contribution in [2.45, 2.75) is 41.5 Å². The lowest BCUT2D eigenvalue weighted by molar-refractivity contribution is 1.23. The van der Waals surface area contributed by atoms with Crippen molar-refractivity contribution in [2.75, 3.05) is 9.80 Å². The van der Waals surface area contributed by atoms with Crippen LogP contribution < -0.4 is 9.80 Å². The van der Waals surface area contributed by atoms with E-state index >= 15 is 0 Å². The molecule has 8 aromatic rings. The van der Waals surface area contributed by atoms with Crippen molar-refractivity contribution < 1.29 is 0 Å². The van der Waals surface area contributed by atoms with Crippen LogP contribution in [0.2, 0.25) is 0 Å². The predicted molar refractivity (Wildman–Crippen MR) is 260 cm³/mol. The van der Waals surface area contributed by atoms with Gasteiger partial charge >= 0.3 is 0 Å². The van der Waals surface area contributed by atoms with Crippen LogP contribution in [0.5, 0.6) is 0 Å². The Morgan fingerprint density at radius 2 is 0.633 bits per heavy atom. The highest BCUT2D eigenvalue weighted by Gasteiger charge is 2.17. The van der Waals surface area contributed by atoms with Crippen LogP contribution in [-0.2, 0) is 0 Å². The number of anilines is 6. The quantitative estimate of drug-likeness (QED) is 0.121. The third-order valence-electron chi connectivity index (χ3n) is 11.4. The summed E-state index contributed by atoms with van der Waals surface area (Å²) in [4.78, 5) is 4.73. The first-order chi connectivity index (χ1) is 29.2. The molecule has 8 rings (SSSR count). The zero-order chi connectivity index (χ0) is 41.6. The van der Waals surface area contributed by atoms with Crippen molar-refractivity contribution in [3.05, 3.63) is 238 Å². The average molecular weight is 777 g/mol. The fraction of sp³-hybridized carbons (Fsp3) is 0.103. The molecule has 0 unspecified atom stereocenters. The molecule has 0 saturated carbocycles. The number of aryl methyl sites for hydroxylation is 6. The molecular formula is C58H52N2. The summed E-state index contributed by atoms with van der Waals surface area (Å²) >= 11 is 0. The Labute approximate surface area is 357 Å². The summed E-state index contributed by atoms with van der Waals surface area (Å²) in [5.41, 5.74) is 21.5. The smallest absolute Gasteiger partial charge is 0.0490 e. The molecule has 0 aromatic heterocycles. The molecule has 0 amide bonds. The lowest BCUT2D eigenvalue weighted by Gasteiger charge is -2.28. The maximum atomic E-state index is 2.36. The zero-order valence-electron chi connectivity index (χ0n) is 35.5. The first kappa shape index (κ1) is 39.7. The second kappa shape index (κ2) is 17.8. The Hall–Kier alpha value is -7.16. The molecule has 0 spiro atoms. The van der Waals surface area contributed by atoms with Crippen molar-refractivity contribution in [3.8, 4) is 11.1 Å². The van der Waals surface area contributed by atoms with Crippen molar-refractivity contribution >= 4 is 58.4 Å². The molecule has 0 bridgehead atoms. The molecule has 0 heterocycles. The highest BCUT2D eigenvalue weighted by Crippen LogP contribution is 2.40. The molecule has 0 saturated heterocycles. The molecule has 0 aliphatic carbocycles. The Bertz CT molecular complexity index is 2590. The van der Waals surface area contributed by atoms with Crippen molar-refractivity contribution in [1.82, 2.24) is 0 Å². The lowest BCUT2D eigenvalue weighted by atomic mass is 10.0. The minimum Gasteiger partial charge on any atom is -0.310 e. The largest absolute Gasteiger partial charge is 0.310 e. The van der Waals surface area contributed by atoms with E-state index in [1.807, 2.05) is 0 Å². The van der Waals surface area contributed by atoms with E-state index in [0.29, 0.717) is 0 Å². The van der Waals surface area contributed by atoms with E-state index in [-0.39, 0.29) is 0 Å². The number of nitrogens with zero attached hydrogens (tertiary/aromatic N) is 2. The highest BCUT2D eigenvalue weighted by molar-refractivity contribution is 5.83. The van der Waals surface area contributed by atoms with Gasteiger partial charge in [-0.1, -0.05) is 157 Å². The molecule has 0 N–H and O–H groups in total. The molecule has 8 aromatic carbocycles. The van der Waals surface area contributed by atoms with E-state index in [1.165, 1.54) is 78.1 Å². The predicted octanol–water partition coefficient (Wildman–Crippen LogP) is 16.5. The van der Waals surface area contributed by atoms with E-state index in [9.17, 15) is 0 Å². The minimum atomic E-state index is 1.11. The number of hydrogen-bond acceptors (Lipinski definition) is 2. The van der Waals surface area contributed by atoms with Crippen LogP contribution in [0.4, 0.5) is 34.1 Å². The molecule has 2 nitrogen and oxygen atoms in total. The monoisotopic (exact) mass is 776 g/mol. The molecule has 0 aliphatic rings. The van der Waals surface area contributed by atoms with E-state index in [2.05, 4.69) is 258 Å². The lowest BCUT2D eigenvalue weighted by Crippen LogP contribution is -2.11. The van der Waals surface area contributed by atoms with Crippen LogP contribution in [0.3, 0.4) is 0 Å². The number of benzene rings is 8. The van der Waals surface area contributed by atoms with Gasteiger partial charge < -0.3 is 9.80 Å². The first-order valence-corrected chi connectivity index (χ1v) is 20.8. The van der Waals surface area contributed by atoms with Gasteiger partial charge in [0, 0.05) is 34.1 Å². The standard InChI is InChI=1S/C58H52N2/c1-41-15-37-57(45(5)39-41)59(53-29-19-47(20-30-53)17-23-49-13-9-7-11-43(49)3)55-33-25-51(26-34-55)52-27-35-56(36-28-52)60(58-38-16-42(2)40-46(58)6)54-31-21-48(22-32-54)18-24-50-14-10-8-12-44(50)4/h7-40H,1-6H3/b23-17+,24-18+. The second-order valence-electron chi connectivity index (χ2n) is 15.9. The van der Waals surface area contributed by atoms with Gasteiger partial charge in [0.05, 0.1) is 0 Å². The fourth-order valence-corrected chi connectivity index (χ4v) is 7.96. The summed E-state index contributed by atoms with van der Waals surface area (Å²) in [6.07, 6.45) is 8.78. The summed E-state index contributed by atoms with van der Waals surface area (Å²) in [5, 5.41) is 0. The Morgan fingerprint density at radius 1 is 0.300 bits per heavy atom. The molecule has 0 fully saturated rings. The average Bonchev–Trinajstić information content (AvgIpc) is 3.26. The summed E-state index contributed by atoms with van der Waals surface area (Å²) in [6, 6.07) is 66.0. The topological polar surface area (TPSA) is 6.48 Å². The second-order valence-corrected chi connectivity index (χ2v) is 15.9. The highest BCUT2D eigenvalue weighted by atomic mass is 15.1. The van der Waals surface area contributed by atoms with Gasteiger partial charge in [0.1, 0.15) is 0 Å². The zero-order valence-corrected chi connectivity index (χ0v) is 35.5. The summed E-state index contributed by atoms with van der Waals surface area (Å²) < 4.78 is 0. The van der Waals surface area contributed by atoms with E-state index in [4.69, 9.17) is 0 Å². The van der Waals surface area contributed by atoms with Crippen molar-refractivity contribution in [3.63, 3.8) is 0 Å². The summed E-state index contributed by atoms with van der Waals surface area (Å²) in [6.45, 7) is 13.0. The first-order valence-electron chi connectivity index (χ1n) is 20.8. The van der Waals surface area contributed by atoms with Gasteiger partial charge in [-0.3, -0.25) is 0 Å². The van der Waals surface area contributed by atoms with Crippen LogP contribution >= 0.6 is 0 Å². The van der Waals surface area contributed by atoms with Crippen LogP contribution in [0.25, 0.3) is 35.4 Å². The maximum Gasteiger partial charge on any atom is 0.0490 e. The Balaban J connectivity index is 1.07. The van der Waals surface area contributed by atoms with Gasteiger partial charge in [0.25, 0.3) is 0 Å². The molecule has 0 radical (unpaired) electrons. The molecule has 294 valence electrons. The van der Waals surface area contributed by atoms with Gasteiger partial charge in [0.15, 0.2) is 0 Å². The normalized spacial score (nSPS) is 11.4. The number of rotatable bonds is 11. The van der Waals surface area contributed by atoms with E-state index < -0.39 is 0 Å². The molecule has 2 heteroatoms. The molecule has 60 heavy (non-hydrogen) atoms. The van der Waals surface area contributed by atoms with Crippen LogP contribution in [0.1, 0.15) is 55.6 Å². The molecular weight excluding hydrogens is 725 g/mol. The third-order valence-corrected chi connectivity index (χ3v) is 11.4. The van der Waals surface area contributed by atoms with Crippen LogP contribution in [-0.4, -0.2) is 0 Å². The Morgan fingerprint density at radius 3 is 0.967 bits per heavy atom. The summed E-state index contributed by atoms with van der Waals surface area (Å²) in [5.74, 6) is 0. The summed E-state index contributed by atoms with van der Waals surface area (Å²) in [7, 11) is 0. The van der Waals surface area contributed by atoms with Gasteiger partial charge in [0.2, 0.25) is 0 Å². The van der Waals surface area contributed by atoms with Crippen molar-refractivity contribution in [1.29, 1.82) is 0 Å². The van der Waals surface area contributed by atoms with E-state index in [0.717, 1.165) is 22.7 Å². The minimum absolute atomic E-state index is 1.11. The van der Waals surface area contributed by atoms with Crippen LogP contribution in [0.15, 0.2) is 182 Å². The molecule has 0 atom stereocenters. The maximum absolute atomic E-state index is 2.36. The van der Waals surface area contributed by atoms with Crippen LogP contribution in [0, 0.1) is 41.5 Å². The van der Waals surface area contributed by atoms with Gasteiger partial charge in [-0.25, -0.2) is 0 Å². The Kier molecular flexibility index (Phi) is 11.7. The third kappa shape index (κ3) is 8.94. The molecule has 0 aliphatic heterocycles. The van der Waals surface area contributed by atoms with Gasteiger partial charge in [-0.15, -0.1) is 0 Å². The fourth-order valence-electron chi connectivity index (χ4n) is 7.96. The van der Waals surface area contributed by atoms with Gasteiger partial charge in [-0.05, 0) is 158 Å². The SMILES string of the molecule is Cc1ccc(N(c2ccc(/C=C/c3ccccc3C)cc2)c2ccc(-c3ccc(N(c4ccc(/C=C/c5ccccc5C)cc4)c4ccc(C)cc4C)cc3)cc2)c(C)c1. The van der Waals surface area contributed by atoms with Crippen molar-refractivity contribution in [2.24, 2.45) is 0 Å². The number of hydrogen-bond donors (Lipinski definition) is 0.